The molecule has 2 aliphatic heterocycles. The molecule has 4 nitrogen and oxygen atoms in total. The van der Waals surface area contributed by atoms with Gasteiger partial charge >= 0.3 is 0 Å². The highest BCUT2D eigenvalue weighted by atomic mass is 16.5. The molecule has 4 heteroatoms. The molecule has 0 aromatic heterocycles. The maximum absolute atomic E-state index is 12.2. The first-order valence-electron chi connectivity index (χ1n) is 9.63. The lowest BCUT2D eigenvalue weighted by molar-refractivity contribution is -0.149. The van der Waals surface area contributed by atoms with E-state index in [2.05, 4.69) is 37.8 Å². The molecule has 2 heterocycles. The number of nitrogens with zero attached hydrogens (tertiary/aromatic N) is 2. The average Bonchev–Trinajstić information content (AvgIpc) is 2.61. The summed E-state index contributed by atoms with van der Waals surface area (Å²) in [5.74, 6) is 0.878. The van der Waals surface area contributed by atoms with Crippen LogP contribution in [0.15, 0.2) is 30.3 Å². The minimum absolute atomic E-state index is 0.0154. The van der Waals surface area contributed by atoms with Crippen molar-refractivity contribution in [1.29, 1.82) is 0 Å². The number of rotatable bonds is 4. The summed E-state index contributed by atoms with van der Waals surface area (Å²) in [5, 5.41) is 0. The van der Waals surface area contributed by atoms with Gasteiger partial charge in [0.25, 0.3) is 0 Å². The number of carbonyl (C=O) groups is 1. The molecule has 0 unspecified atom stereocenters. The molecule has 0 aliphatic carbocycles. The third kappa shape index (κ3) is 4.83. The maximum atomic E-state index is 12.2. The van der Waals surface area contributed by atoms with Crippen LogP contribution >= 0.6 is 0 Å². The van der Waals surface area contributed by atoms with Crippen molar-refractivity contribution in [2.45, 2.75) is 51.7 Å². The molecule has 0 saturated carbocycles. The minimum atomic E-state index is 0.0154. The van der Waals surface area contributed by atoms with Crippen molar-refractivity contribution in [3.8, 4) is 0 Å². The van der Waals surface area contributed by atoms with Crippen molar-refractivity contribution in [3.63, 3.8) is 0 Å². The largest absolute Gasteiger partial charge is 0.362 e. The SMILES string of the molecule is CC(C)(C)N1CCC(CCN2C[C@@H](c3ccccc3)OCC2=O)CC1. The molecule has 3 rings (SSSR count). The lowest BCUT2D eigenvalue weighted by atomic mass is 9.90. The normalized spacial score (nSPS) is 23.9. The highest BCUT2D eigenvalue weighted by Gasteiger charge is 2.30. The van der Waals surface area contributed by atoms with Crippen molar-refractivity contribution >= 4 is 5.91 Å². The van der Waals surface area contributed by atoms with E-state index < -0.39 is 0 Å². The fraction of sp³-hybridized carbons (Fsp3) is 0.667. The third-order valence-electron chi connectivity index (χ3n) is 5.69. The van der Waals surface area contributed by atoms with Crippen molar-refractivity contribution in [1.82, 2.24) is 9.80 Å². The van der Waals surface area contributed by atoms with E-state index in [1.807, 2.05) is 23.1 Å². The Morgan fingerprint density at radius 2 is 1.80 bits per heavy atom. The van der Waals surface area contributed by atoms with Crippen LogP contribution in [-0.4, -0.2) is 54.0 Å². The summed E-state index contributed by atoms with van der Waals surface area (Å²) >= 11 is 0. The van der Waals surface area contributed by atoms with Gasteiger partial charge in [0, 0.05) is 12.1 Å². The monoisotopic (exact) mass is 344 g/mol. The van der Waals surface area contributed by atoms with Gasteiger partial charge in [0.15, 0.2) is 0 Å². The number of morpholine rings is 1. The second-order valence-electron chi connectivity index (χ2n) is 8.44. The molecule has 2 fully saturated rings. The van der Waals surface area contributed by atoms with E-state index in [0.717, 1.165) is 18.9 Å². The highest BCUT2D eigenvalue weighted by molar-refractivity contribution is 5.78. The van der Waals surface area contributed by atoms with Crippen molar-refractivity contribution in [2.75, 3.05) is 32.8 Å². The molecule has 0 radical (unpaired) electrons. The Morgan fingerprint density at radius 3 is 2.44 bits per heavy atom. The van der Waals surface area contributed by atoms with E-state index in [1.54, 1.807) is 0 Å². The van der Waals surface area contributed by atoms with Gasteiger partial charge in [0.1, 0.15) is 12.7 Å². The van der Waals surface area contributed by atoms with E-state index in [4.69, 9.17) is 4.74 Å². The molecule has 1 amide bonds. The molecule has 25 heavy (non-hydrogen) atoms. The van der Waals surface area contributed by atoms with E-state index in [9.17, 15) is 4.79 Å². The fourth-order valence-corrected chi connectivity index (χ4v) is 3.93. The smallest absolute Gasteiger partial charge is 0.248 e. The van der Waals surface area contributed by atoms with Gasteiger partial charge in [0.2, 0.25) is 5.91 Å². The number of piperidine rings is 1. The minimum Gasteiger partial charge on any atom is -0.362 e. The van der Waals surface area contributed by atoms with Crippen LogP contribution in [0.3, 0.4) is 0 Å². The summed E-state index contributed by atoms with van der Waals surface area (Å²) < 4.78 is 5.75. The van der Waals surface area contributed by atoms with E-state index in [0.29, 0.717) is 6.54 Å². The predicted molar refractivity (Wildman–Crippen MR) is 100 cm³/mol. The number of hydrogen-bond donors (Lipinski definition) is 0. The Labute approximate surface area is 152 Å². The van der Waals surface area contributed by atoms with Gasteiger partial charge < -0.3 is 9.64 Å². The summed E-state index contributed by atoms with van der Waals surface area (Å²) in [6.45, 7) is 11.0. The van der Waals surface area contributed by atoms with Crippen LogP contribution in [0, 0.1) is 5.92 Å². The standard InChI is InChI=1S/C21H32N2O2/c1-21(2,3)23-13-10-17(11-14-23)9-12-22-15-19(25-16-20(22)24)18-7-5-4-6-8-18/h4-8,17,19H,9-16H2,1-3H3/t19-/m0/s1. The second kappa shape index (κ2) is 7.88. The summed E-state index contributed by atoms with van der Waals surface area (Å²) in [6.07, 6.45) is 3.63. The Morgan fingerprint density at radius 1 is 1.12 bits per heavy atom. The van der Waals surface area contributed by atoms with Crippen LogP contribution in [0.25, 0.3) is 0 Å². The molecule has 1 aromatic carbocycles. The van der Waals surface area contributed by atoms with Gasteiger partial charge in [-0.15, -0.1) is 0 Å². The Bertz CT molecular complexity index is 559. The molecule has 2 aliphatic rings. The van der Waals surface area contributed by atoms with Crippen LogP contribution in [0.1, 0.15) is 51.7 Å². The van der Waals surface area contributed by atoms with E-state index in [-0.39, 0.29) is 24.2 Å². The zero-order chi connectivity index (χ0) is 17.9. The van der Waals surface area contributed by atoms with Crippen LogP contribution < -0.4 is 0 Å². The maximum Gasteiger partial charge on any atom is 0.248 e. The molecule has 0 N–H and O–H groups in total. The fourth-order valence-electron chi connectivity index (χ4n) is 3.93. The molecule has 2 saturated heterocycles. The van der Waals surface area contributed by atoms with Gasteiger partial charge in [-0.05, 0) is 64.6 Å². The molecule has 0 bridgehead atoms. The second-order valence-corrected chi connectivity index (χ2v) is 8.44. The van der Waals surface area contributed by atoms with Gasteiger partial charge in [-0.3, -0.25) is 9.69 Å². The summed E-state index contributed by atoms with van der Waals surface area (Å²) in [5.41, 5.74) is 1.44. The number of amides is 1. The van der Waals surface area contributed by atoms with E-state index in [1.165, 1.54) is 31.5 Å². The Balaban J connectivity index is 1.48. The Kier molecular flexibility index (Phi) is 5.80. The Hall–Kier alpha value is -1.39. The zero-order valence-corrected chi connectivity index (χ0v) is 15.9. The third-order valence-corrected chi connectivity index (χ3v) is 5.69. The highest BCUT2D eigenvalue weighted by Crippen LogP contribution is 2.27. The first kappa shape index (κ1) is 18.4. The lowest BCUT2D eigenvalue weighted by Crippen LogP contribution is -2.47. The summed E-state index contributed by atoms with van der Waals surface area (Å²) in [4.78, 5) is 16.8. The molecule has 0 spiro atoms. The van der Waals surface area contributed by atoms with Crippen LogP contribution in [0.2, 0.25) is 0 Å². The molecule has 1 aromatic rings. The topological polar surface area (TPSA) is 32.8 Å². The number of ether oxygens (including phenoxy) is 1. The molecule has 1 atom stereocenters. The molecular formula is C21H32N2O2. The predicted octanol–water partition coefficient (Wildman–Crippen LogP) is 3.49. The summed E-state index contributed by atoms with van der Waals surface area (Å²) in [7, 11) is 0. The van der Waals surface area contributed by atoms with Crippen molar-refractivity contribution < 1.29 is 9.53 Å². The van der Waals surface area contributed by atoms with Gasteiger partial charge in [-0.2, -0.15) is 0 Å². The molecular weight excluding hydrogens is 312 g/mol. The van der Waals surface area contributed by atoms with Crippen LogP contribution in [0.5, 0.6) is 0 Å². The lowest BCUT2D eigenvalue weighted by Gasteiger charge is -2.41. The van der Waals surface area contributed by atoms with Crippen LogP contribution in [0.4, 0.5) is 0 Å². The quantitative estimate of drug-likeness (QED) is 0.838. The first-order valence-corrected chi connectivity index (χ1v) is 9.63. The zero-order valence-electron chi connectivity index (χ0n) is 15.9. The van der Waals surface area contributed by atoms with E-state index >= 15 is 0 Å². The van der Waals surface area contributed by atoms with Crippen molar-refractivity contribution in [2.24, 2.45) is 5.92 Å². The number of hydrogen-bond acceptors (Lipinski definition) is 3. The van der Waals surface area contributed by atoms with Gasteiger partial charge in [-0.25, -0.2) is 0 Å². The van der Waals surface area contributed by atoms with Crippen molar-refractivity contribution in [3.05, 3.63) is 35.9 Å². The number of benzene rings is 1. The first-order chi connectivity index (χ1) is 11.9. The average molecular weight is 344 g/mol. The van der Waals surface area contributed by atoms with Crippen LogP contribution in [-0.2, 0) is 9.53 Å². The summed E-state index contributed by atoms with van der Waals surface area (Å²) in [6, 6.07) is 10.2. The van der Waals surface area contributed by atoms with Gasteiger partial charge in [-0.1, -0.05) is 30.3 Å². The number of likely N-dealkylation sites (tertiary alicyclic amines) is 1. The number of carbonyl (C=O) groups excluding carboxylic acids is 1. The molecule has 138 valence electrons. The van der Waals surface area contributed by atoms with Gasteiger partial charge in [0.05, 0.1) is 6.54 Å².